The Morgan fingerprint density at radius 1 is 1.14 bits per heavy atom. The van der Waals surface area contributed by atoms with Crippen molar-refractivity contribution in [2.75, 3.05) is 7.11 Å². The van der Waals surface area contributed by atoms with Gasteiger partial charge in [-0.05, 0) is 55.7 Å². The summed E-state index contributed by atoms with van der Waals surface area (Å²) in [6, 6.07) is 7.40. The van der Waals surface area contributed by atoms with Gasteiger partial charge < -0.3 is 9.84 Å². The van der Waals surface area contributed by atoms with Crippen LogP contribution in [0.15, 0.2) is 24.3 Å². The molecule has 1 aliphatic rings. The highest BCUT2D eigenvalue weighted by atomic mass is 19.4. The van der Waals surface area contributed by atoms with Gasteiger partial charge in [-0.2, -0.15) is 13.2 Å². The third kappa shape index (κ3) is 4.37. The fraction of sp³-hybridized carbons (Fsp3) is 0.625. The number of aliphatic hydroxyl groups is 1. The standard InChI is InChI=1S/C16H21F3O2/c1-21-14-8-2-11(3-9-14)10-15(20)12-4-6-13(7-5-12)16(17,18)19/h2-3,8-9,12-13,15,20H,4-7,10H2,1H3. The monoisotopic (exact) mass is 302 g/mol. The van der Waals surface area contributed by atoms with Gasteiger partial charge in [-0.25, -0.2) is 0 Å². The number of alkyl halides is 3. The van der Waals surface area contributed by atoms with Crippen LogP contribution in [0.3, 0.4) is 0 Å². The number of hydrogen-bond donors (Lipinski definition) is 1. The van der Waals surface area contributed by atoms with E-state index >= 15 is 0 Å². The highest BCUT2D eigenvalue weighted by Crippen LogP contribution is 2.40. The van der Waals surface area contributed by atoms with E-state index in [2.05, 4.69) is 0 Å². The lowest BCUT2D eigenvalue weighted by Crippen LogP contribution is -2.32. The molecule has 5 heteroatoms. The van der Waals surface area contributed by atoms with Gasteiger partial charge in [0, 0.05) is 0 Å². The molecule has 0 bridgehead atoms. The fourth-order valence-electron chi connectivity index (χ4n) is 3.00. The van der Waals surface area contributed by atoms with Crippen LogP contribution in [0.4, 0.5) is 13.2 Å². The Bertz CT molecular complexity index is 434. The number of hydrogen-bond acceptors (Lipinski definition) is 2. The number of aliphatic hydroxyl groups excluding tert-OH is 1. The topological polar surface area (TPSA) is 29.5 Å². The summed E-state index contributed by atoms with van der Waals surface area (Å²) in [5, 5.41) is 10.2. The second-order valence-electron chi connectivity index (χ2n) is 5.77. The minimum absolute atomic E-state index is 0.0364. The molecule has 1 saturated carbocycles. The van der Waals surface area contributed by atoms with E-state index in [-0.39, 0.29) is 18.8 Å². The molecule has 1 unspecified atom stereocenters. The average molecular weight is 302 g/mol. The number of ether oxygens (including phenoxy) is 1. The van der Waals surface area contributed by atoms with Gasteiger partial charge in [-0.15, -0.1) is 0 Å². The van der Waals surface area contributed by atoms with E-state index in [0.717, 1.165) is 11.3 Å². The summed E-state index contributed by atoms with van der Waals surface area (Å²) in [5.74, 6) is -0.480. The first-order chi connectivity index (χ1) is 9.90. The van der Waals surface area contributed by atoms with E-state index in [1.807, 2.05) is 24.3 Å². The molecule has 1 atom stereocenters. The van der Waals surface area contributed by atoms with Crippen LogP contribution >= 0.6 is 0 Å². The first kappa shape index (κ1) is 16.1. The lowest BCUT2D eigenvalue weighted by Gasteiger charge is -2.32. The molecule has 0 spiro atoms. The van der Waals surface area contributed by atoms with Crippen LogP contribution in [-0.2, 0) is 6.42 Å². The van der Waals surface area contributed by atoms with Crippen LogP contribution in [0.1, 0.15) is 31.2 Å². The normalized spacial score (nSPS) is 24.6. The van der Waals surface area contributed by atoms with Gasteiger partial charge in [0.05, 0.1) is 19.1 Å². The molecular weight excluding hydrogens is 281 g/mol. The lowest BCUT2D eigenvalue weighted by molar-refractivity contribution is -0.185. The summed E-state index contributed by atoms with van der Waals surface area (Å²) in [5.41, 5.74) is 0.973. The van der Waals surface area contributed by atoms with Crippen LogP contribution in [-0.4, -0.2) is 24.5 Å². The van der Waals surface area contributed by atoms with E-state index in [4.69, 9.17) is 4.74 Å². The SMILES string of the molecule is COc1ccc(CC(O)C2CCC(C(F)(F)F)CC2)cc1. The average Bonchev–Trinajstić information content (AvgIpc) is 2.47. The van der Waals surface area contributed by atoms with Crippen molar-refractivity contribution in [3.05, 3.63) is 29.8 Å². The third-order valence-electron chi connectivity index (χ3n) is 4.38. The summed E-state index contributed by atoms with van der Waals surface area (Å²) in [6.45, 7) is 0. The molecule has 1 aromatic rings. The molecule has 2 rings (SSSR count). The van der Waals surface area contributed by atoms with E-state index in [9.17, 15) is 18.3 Å². The minimum atomic E-state index is -4.09. The third-order valence-corrected chi connectivity index (χ3v) is 4.38. The lowest BCUT2D eigenvalue weighted by atomic mass is 9.78. The molecule has 0 saturated heterocycles. The Kier molecular flexibility index (Phi) is 5.14. The zero-order valence-corrected chi connectivity index (χ0v) is 12.1. The Hall–Kier alpha value is -1.23. The molecule has 2 nitrogen and oxygen atoms in total. The first-order valence-electron chi connectivity index (χ1n) is 7.28. The van der Waals surface area contributed by atoms with Crippen LogP contribution < -0.4 is 4.74 Å². The summed E-state index contributed by atoms with van der Waals surface area (Å²) in [7, 11) is 1.59. The molecule has 0 aromatic heterocycles. The molecule has 0 amide bonds. The van der Waals surface area contributed by atoms with Crippen molar-refractivity contribution in [1.29, 1.82) is 0 Å². The van der Waals surface area contributed by atoms with Gasteiger partial charge in [0.15, 0.2) is 0 Å². The van der Waals surface area contributed by atoms with E-state index in [1.54, 1.807) is 7.11 Å². The van der Waals surface area contributed by atoms with Crippen LogP contribution in [0.2, 0.25) is 0 Å². The van der Waals surface area contributed by atoms with E-state index in [0.29, 0.717) is 19.3 Å². The van der Waals surface area contributed by atoms with Gasteiger partial charge in [-0.1, -0.05) is 12.1 Å². The van der Waals surface area contributed by atoms with Crippen LogP contribution in [0, 0.1) is 11.8 Å². The second kappa shape index (κ2) is 6.69. The highest BCUT2D eigenvalue weighted by molar-refractivity contribution is 5.27. The van der Waals surface area contributed by atoms with Crippen molar-refractivity contribution in [1.82, 2.24) is 0 Å². The predicted octanol–water partition coefficient (Wildman–Crippen LogP) is 3.97. The number of rotatable bonds is 4. The Morgan fingerprint density at radius 2 is 1.71 bits per heavy atom. The number of methoxy groups -OCH3 is 1. The zero-order valence-electron chi connectivity index (χ0n) is 12.1. The smallest absolute Gasteiger partial charge is 0.391 e. The van der Waals surface area contributed by atoms with Gasteiger partial charge in [-0.3, -0.25) is 0 Å². The molecule has 0 heterocycles. The first-order valence-corrected chi connectivity index (χ1v) is 7.28. The molecular formula is C16H21F3O2. The van der Waals surface area contributed by atoms with Gasteiger partial charge in [0.25, 0.3) is 0 Å². The summed E-state index contributed by atoms with van der Waals surface area (Å²) in [6.07, 6.45) is -3.03. The van der Waals surface area contributed by atoms with Crippen LogP contribution in [0.25, 0.3) is 0 Å². The zero-order chi connectivity index (χ0) is 15.5. The van der Waals surface area contributed by atoms with Gasteiger partial charge >= 0.3 is 6.18 Å². The maximum atomic E-state index is 12.6. The summed E-state index contributed by atoms with van der Waals surface area (Å²) < 4.78 is 42.9. The molecule has 0 aliphatic heterocycles. The second-order valence-corrected chi connectivity index (χ2v) is 5.77. The molecule has 1 fully saturated rings. The van der Waals surface area contributed by atoms with Crippen molar-refractivity contribution in [2.24, 2.45) is 11.8 Å². The maximum Gasteiger partial charge on any atom is 0.391 e. The summed E-state index contributed by atoms with van der Waals surface area (Å²) in [4.78, 5) is 0. The minimum Gasteiger partial charge on any atom is -0.497 e. The van der Waals surface area contributed by atoms with Gasteiger partial charge in [0.2, 0.25) is 0 Å². The number of benzene rings is 1. The van der Waals surface area contributed by atoms with Crippen molar-refractivity contribution in [3.63, 3.8) is 0 Å². The molecule has 21 heavy (non-hydrogen) atoms. The summed E-state index contributed by atoms with van der Waals surface area (Å²) >= 11 is 0. The molecule has 1 aliphatic carbocycles. The molecule has 1 aromatic carbocycles. The maximum absolute atomic E-state index is 12.6. The van der Waals surface area contributed by atoms with E-state index in [1.165, 1.54) is 0 Å². The van der Waals surface area contributed by atoms with Crippen molar-refractivity contribution in [3.8, 4) is 5.75 Å². The van der Waals surface area contributed by atoms with Crippen molar-refractivity contribution >= 4 is 0 Å². The van der Waals surface area contributed by atoms with Crippen molar-refractivity contribution < 1.29 is 23.0 Å². The molecule has 0 radical (unpaired) electrons. The molecule has 118 valence electrons. The quantitative estimate of drug-likeness (QED) is 0.912. The van der Waals surface area contributed by atoms with Crippen LogP contribution in [0.5, 0.6) is 5.75 Å². The molecule has 1 N–H and O–H groups in total. The Morgan fingerprint density at radius 3 is 2.19 bits per heavy atom. The van der Waals surface area contributed by atoms with Crippen molar-refractivity contribution in [2.45, 2.75) is 44.4 Å². The Balaban J connectivity index is 1.85. The van der Waals surface area contributed by atoms with E-state index < -0.39 is 18.2 Å². The highest BCUT2D eigenvalue weighted by Gasteiger charge is 2.42. The number of halogens is 3. The van der Waals surface area contributed by atoms with Gasteiger partial charge in [0.1, 0.15) is 5.75 Å². The fourth-order valence-corrected chi connectivity index (χ4v) is 3.00. The predicted molar refractivity (Wildman–Crippen MR) is 74.2 cm³/mol. The largest absolute Gasteiger partial charge is 0.497 e. The Labute approximate surface area is 122 Å².